The maximum atomic E-state index is 12.6. The summed E-state index contributed by atoms with van der Waals surface area (Å²) in [5, 5.41) is 13.2. The standard InChI is InChI=1S/C23H30N6O4/c1-23(5-6-23)26-22(31)33-17-9-19(32-14-17)18-10-20(28-27-18)25-12-21(30)29-8-4-16(13-29)15-3-2-7-24-11-15/h2-3,7,10-11,16-17,19H,4-6,8-9,12-14H2,1H3,(H,26,31)(H2,25,27,28)/t16-,17+,19+/m0/s1. The van der Waals surface area contributed by atoms with Crippen molar-refractivity contribution in [3.8, 4) is 0 Å². The van der Waals surface area contributed by atoms with Crippen molar-refractivity contribution in [2.24, 2.45) is 0 Å². The Kier molecular flexibility index (Phi) is 5.92. The van der Waals surface area contributed by atoms with Crippen LogP contribution in [0.1, 0.15) is 55.9 Å². The van der Waals surface area contributed by atoms with Gasteiger partial charge in [0.05, 0.1) is 18.8 Å². The average molecular weight is 455 g/mol. The Morgan fingerprint density at radius 3 is 3.06 bits per heavy atom. The third kappa shape index (κ3) is 5.27. The number of H-pyrrole nitrogens is 1. The van der Waals surface area contributed by atoms with Crippen LogP contribution in [0.15, 0.2) is 30.6 Å². The number of nitrogens with zero attached hydrogens (tertiary/aromatic N) is 3. The number of amides is 2. The lowest BCUT2D eigenvalue weighted by molar-refractivity contribution is -0.128. The van der Waals surface area contributed by atoms with Crippen molar-refractivity contribution in [3.05, 3.63) is 41.9 Å². The predicted molar refractivity (Wildman–Crippen MR) is 120 cm³/mol. The number of hydrogen-bond donors (Lipinski definition) is 3. The number of likely N-dealkylation sites (tertiary alicyclic amines) is 1. The summed E-state index contributed by atoms with van der Waals surface area (Å²) >= 11 is 0. The Morgan fingerprint density at radius 1 is 1.39 bits per heavy atom. The topological polar surface area (TPSA) is 121 Å². The number of rotatable bonds is 7. The zero-order valence-corrected chi connectivity index (χ0v) is 18.8. The summed E-state index contributed by atoms with van der Waals surface area (Å²) in [6.07, 6.45) is 6.22. The van der Waals surface area contributed by atoms with Gasteiger partial charge in [-0.15, -0.1) is 0 Å². The minimum absolute atomic E-state index is 0.0480. The fourth-order valence-electron chi connectivity index (χ4n) is 4.38. The molecule has 3 fully saturated rings. The summed E-state index contributed by atoms with van der Waals surface area (Å²) in [5.74, 6) is 0.976. The highest BCUT2D eigenvalue weighted by atomic mass is 16.6. The number of nitrogens with one attached hydrogen (secondary N) is 3. The molecule has 0 radical (unpaired) electrons. The van der Waals surface area contributed by atoms with E-state index in [1.165, 1.54) is 5.56 Å². The predicted octanol–water partition coefficient (Wildman–Crippen LogP) is 2.34. The van der Waals surface area contributed by atoms with Crippen LogP contribution < -0.4 is 10.6 Å². The Balaban J connectivity index is 1.06. The molecule has 1 saturated carbocycles. The first-order chi connectivity index (χ1) is 16.0. The first-order valence-corrected chi connectivity index (χ1v) is 11.5. The molecule has 3 atom stereocenters. The zero-order chi connectivity index (χ0) is 22.8. The first-order valence-electron chi connectivity index (χ1n) is 11.5. The Labute approximate surface area is 192 Å². The summed E-state index contributed by atoms with van der Waals surface area (Å²) in [4.78, 5) is 30.7. The molecule has 33 heavy (non-hydrogen) atoms. The molecule has 2 aromatic heterocycles. The van der Waals surface area contributed by atoms with E-state index in [-0.39, 0.29) is 36.3 Å². The second kappa shape index (κ2) is 9.01. The third-order valence-corrected chi connectivity index (χ3v) is 6.70. The van der Waals surface area contributed by atoms with Gasteiger partial charge in [-0.2, -0.15) is 5.10 Å². The van der Waals surface area contributed by atoms with E-state index < -0.39 is 0 Å². The highest BCUT2D eigenvalue weighted by molar-refractivity contribution is 5.81. The minimum atomic E-state index is -0.387. The van der Waals surface area contributed by atoms with Gasteiger partial charge in [0.1, 0.15) is 18.0 Å². The number of carbonyl (C=O) groups excluding carboxylic acids is 2. The Morgan fingerprint density at radius 2 is 2.27 bits per heavy atom. The Hall–Kier alpha value is -3.14. The monoisotopic (exact) mass is 454 g/mol. The summed E-state index contributed by atoms with van der Waals surface area (Å²) < 4.78 is 11.3. The lowest BCUT2D eigenvalue weighted by Crippen LogP contribution is -2.37. The van der Waals surface area contributed by atoms with Crippen LogP contribution in [0.5, 0.6) is 0 Å². The SMILES string of the molecule is CC1(NC(=O)O[C@H]2CO[C@@H](c3cc(NCC(=O)N4CC[C@H](c5cccnc5)C4)n[nH]3)C2)CC1. The van der Waals surface area contributed by atoms with Crippen molar-refractivity contribution in [1.29, 1.82) is 0 Å². The third-order valence-electron chi connectivity index (χ3n) is 6.70. The van der Waals surface area contributed by atoms with Gasteiger partial charge in [-0.3, -0.25) is 14.9 Å². The van der Waals surface area contributed by atoms with E-state index in [1.54, 1.807) is 6.20 Å². The summed E-state index contributed by atoms with van der Waals surface area (Å²) in [6, 6.07) is 5.84. The van der Waals surface area contributed by atoms with Gasteiger partial charge in [0, 0.05) is 49.4 Å². The number of pyridine rings is 1. The molecule has 4 heterocycles. The molecule has 10 nitrogen and oxygen atoms in total. The molecule has 0 bridgehead atoms. The van der Waals surface area contributed by atoms with E-state index in [0.29, 0.717) is 31.3 Å². The summed E-state index contributed by atoms with van der Waals surface area (Å²) in [7, 11) is 0. The van der Waals surface area contributed by atoms with Crippen LogP contribution in [0, 0.1) is 0 Å². The highest BCUT2D eigenvalue weighted by Gasteiger charge is 2.40. The zero-order valence-electron chi connectivity index (χ0n) is 18.8. The van der Waals surface area contributed by atoms with E-state index in [0.717, 1.165) is 31.5 Å². The molecule has 2 saturated heterocycles. The van der Waals surface area contributed by atoms with Gasteiger partial charge in [0.25, 0.3) is 0 Å². The molecule has 1 aliphatic carbocycles. The van der Waals surface area contributed by atoms with Crippen molar-refractivity contribution in [2.75, 3.05) is 31.6 Å². The fourth-order valence-corrected chi connectivity index (χ4v) is 4.38. The number of anilines is 1. The molecule has 0 spiro atoms. The molecule has 176 valence electrons. The second-order valence-electron chi connectivity index (χ2n) is 9.44. The van der Waals surface area contributed by atoms with E-state index >= 15 is 0 Å². The van der Waals surface area contributed by atoms with E-state index in [4.69, 9.17) is 9.47 Å². The normalized spacial score (nSPS) is 25.6. The van der Waals surface area contributed by atoms with Gasteiger partial charge in [-0.05, 0) is 37.8 Å². The van der Waals surface area contributed by atoms with Crippen LogP contribution in [-0.4, -0.2) is 70.0 Å². The summed E-state index contributed by atoms with van der Waals surface area (Å²) in [6.45, 7) is 4.00. The van der Waals surface area contributed by atoms with E-state index in [1.807, 2.05) is 30.2 Å². The van der Waals surface area contributed by atoms with Crippen LogP contribution in [0.25, 0.3) is 0 Å². The number of carbonyl (C=O) groups is 2. The number of hydrogen-bond acceptors (Lipinski definition) is 7. The molecule has 2 aromatic rings. The molecule has 5 rings (SSSR count). The van der Waals surface area contributed by atoms with Gasteiger partial charge in [-0.1, -0.05) is 6.07 Å². The smallest absolute Gasteiger partial charge is 0.407 e. The lowest BCUT2D eigenvalue weighted by atomic mass is 10.0. The van der Waals surface area contributed by atoms with Gasteiger partial charge in [-0.25, -0.2) is 4.79 Å². The van der Waals surface area contributed by atoms with Gasteiger partial charge in [0.15, 0.2) is 0 Å². The van der Waals surface area contributed by atoms with Crippen LogP contribution in [0.3, 0.4) is 0 Å². The average Bonchev–Trinajstić information content (AvgIpc) is 3.27. The molecule has 2 amide bonds. The van der Waals surface area contributed by atoms with E-state index in [9.17, 15) is 9.59 Å². The van der Waals surface area contributed by atoms with Crippen molar-refractivity contribution in [2.45, 2.75) is 56.3 Å². The maximum absolute atomic E-state index is 12.6. The molecule has 0 unspecified atom stereocenters. The molecular weight excluding hydrogens is 424 g/mol. The quantitative estimate of drug-likeness (QED) is 0.587. The molecule has 2 aliphatic heterocycles. The molecule has 0 aromatic carbocycles. The van der Waals surface area contributed by atoms with Crippen LogP contribution in [0.2, 0.25) is 0 Å². The molecule has 10 heteroatoms. The second-order valence-corrected chi connectivity index (χ2v) is 9.44. The van der Waals surface area contributed by atoms with Crippen LogP contribution in [-0.2, 0) is 14.3 Å². The number of ether oxygens (including phenoxy) is 2. The number of alkyl carbamates (subject to hydrolysis) is 1. The van der Waals surface area contributed by atoms with Crippen molar-refractivity contribution in [3.63, 3.8) is 0 Å². The lowest BCUT2D eigenvalue weighted by Gasteiger charge is -2.16. The maximum Gasteiger partial charge on any atom is 0.407 e. The summed E-state index contributed by atoms with van der Waals surface area (Å²) in [5.41, 5.74) is 1.87. The molecular formula is C23H30N6O4. The minimum Gasteiger partial charge on any atom is -0.444 e. The number of aromatic amines is 1. The van der Waals surface area contributed by atoms with Crippen molar-refractivity contribution >= 4 is 17.8 Å². The molecule has 3 aliphatic rings. The van der Waals surface area contributed by atoms with E-state index in [2.05, 4.69) is 31.9 Å². The van der Waals surface area contributed by atoms with Crippen molar-refractivity contribution in [1.82, 2.24) is 25.4 Å². The largest absolute Gasteiger partial charge is 0.444 e. The fraction of sp³-hybridized carbons (Fsp3) is 0.565. The van der Waals surface area contributed by atoms with Gasteiger partial charge in [0.2, 0.25) is 5.91 Å². The van der Waals surface area contributed by atoms with Crippen LogP contribution in [0.4, 0.5) is 10.6 Å². The highest BCUT2D eigenvalue weighted by Crippen LogP contribution is 2.35. The number of aromatic nitrogens is 3. The van der Waals surface area contributed by atoms with Gasteiger partial charge >= 0.3 is 6.09 Å². The van der Waals surface area contributed by atoms with Crippen molar-refractivity contribution < 1.29 is 19.1 Å². The molecule has 3 N–H and O–H groups in total. The Bertz CT molecular complexity index is 992. The van der Waals surface area contributed by atoms with Crippen LogP contribution >= 0.6 is 0 Å². The van der Waals surface area contributed by atoms with Gasteiger partial charge < -0.3 is 25.0 Å². The first kappa shape index (κ1) is 21.7.